The zero-order valence-electron chi connectivity index (χ0n) is 16.0. The van der Waals surface area contributed by atoms with Crippen molar-refractivity contribution < 1.29 is 36.6 Å². The molecule has 154 valence electrons. The van der Waals surface area contributed by atoms with E-state index in [2.05, 4.69) is 9.97 Å². The van der Waals surface area contributed by atoms with Gasteiger partial charge in [0.2, 0.25) is 0 Å². The number of carbonyl (C=O) groups excluding carboxylic acids is 1. The average molecular weight is 410 g/mol. The van der Waals surface area contributed by atoms with Gasteiger partial charge in [0, 0.05) is 5.56 Å². The van der Waals surface area contributed by atoms with Crippen LogP contribution in [0.4, 0.5) is 13.2 Å². The van der Waals surface area contributed by atoms with Crippen LogP contribution in [0.1, 0.15) is 19.4 Å². The molecule has 1 atom stereocenters. The number of rotatable bonds is 6. The third-order valence-corrected chi connectivity index (χ3v) is 4.18. The number of nitrogens with zero attached hydrogens (tertiary/aromatic N) is 2. The normalized spacial score (nSPS) is 12.7. The van der Waals surface area contributed by atoms with Crippen molar-refractivity contribution in [3.8, 4) is 28.8 Å². The Morgan fingerprint density at radius 3 is 2.38 bits per heavy atom. The van der Waals surface area contributed by atoms with E-state index in [0.29, 0.717) is 17.1 Å². The van der Waals surface area contributed by atoms with Crippen LogP contribution in [-0.4, -0.2) is 36.1 Å². The maximum absolute atomic E-state index is 13.6. The second kappa shape index (κ2) is 7.61. The lowest BCUT2D eigenvalue weighted by Gasteiger charge is -2.11. The van der Waals surface area contributed by atoms with Crippen LogP contribution in [0.3, 0.4) is 0 Å². The Balaban J connectivity index is 2.15. The Morgan fingerprint density at radius 1 is 1.10 bits per heavy atom. The lowest BCUT2D eigenvalue weighted by atomic mass is 10.1. The van der Waals surface area contributed by atoms with Gasteiger partial charge in [-0.3, -0.25) is 4.79 Å². The van der Waals surface area contributed by atoms with Gasteiger partial charge in [0.05, 0.1) is 25.5 Å². The topological polar surface area (TPSA) is 83.7 Å². The molecule has 0 aliphatic carbocycles. The molecule has 3 rings (SSSR count). The van der Waals surface area contributed by atoms with E-state index in [4.69, 9.17) is 18.6 Å². The van der Waals surface area contributed by atoms with Gasteiger partial charge >= 0.3 is 12.3 Å². The molecule has 0 aliphatic heterocycles. The number of alkyl halides is 3. The molecule has 0 fully saturated rings. The van der Waals surface area contributed by atoms with E-state index in [0.717, 1.165) is 6.07 Å². The summed E-state index contributed by atoms with van der Waals surface area (Å²) >= 11 is 0. The molecule has 0 spiro atoms. The van der Waals surface area contributed by atoms with Crippen LogP contribution in [0, 0.1) is 0 Å². The van der Waals surface area contributed by atoms with Crippen LogP contribution in [0.2, 0.25) is 0 Å². The van der Waals surface area contributed by atoms with E-state index in [9.17, 15) is 18.0 Å². The molecule has 0 unspecified atom stereocenters. The minimum absolute atomic E-state index is 0.00639. The zero-order valence-corrected chi connectivity index (χ0v) is 16.0. The summed E-state index contributed by atoms with van der Waals surface area (Å²) in [6.07, 6.45) is -6.11. The Morgan fingerprint density at radius 2 is 1.79 bits per heavy atom. The molecule has 29 heavy (non-hydrogen) atoms. The zero-order chi connectivity index (χ0) is 21.3. The summed E-state index contributed by atoms with van der Waals surface area (Å²) in [5, 5.41) is 0. The molecule has 3 aromatic rings. The first-order valence-electron chi connectivity index (χ1n) is 8.42. The van der Waals surface area contributed by atoms with Crippen molar-refractivity contribution >= 4 is 17.0 Å². The predicted molar refractivity (Wildman–Crippen MR) is 96.1 cm³/mol. The molecule has 1 aromatic carbocycles. The highest BCUT2D eigenvalue weighted by atomic mass is 19.4. The molecule has 2 aromatic heterocycles. The standard InChI is InChI=1S/C19H17F3N2O5/c1-9(25)10(2)28-18-24-16-12(19(20,21)22)8-13(23-17(16)29-18)11-5-6-14(26-3)15(7-11)27-4/h5-8,10H,1-4H3/t10-/m1/s1. The van der Waals surface area contributed by atoms with E-state index >= 15 is 0 Å². The van der Waals surface area contributed by atoms with Crippen molar-refractivity contribution in [2.75, 3.05) is 14.2 Å². The fraction of sp³-hybridized carbons (Fsp3) is 0.316. The van der Waals surface area contributed by atoms with E-state index < -0.39 is 29.4 Å². The number of aromatic nitrogens is 2. The minimum atomic E-state index is -4.72. The Bertz CT molecular complexity index is 1060. The molecule has 0 radical (unpaired) electrons. The van der Waals surface area contributed by atoms with E-state index in [1.54, 1.807) is 12.1 Å². The van der Waals surface area contributed by atoms with Gasteiger partial charge in [0.15, 0.2) is 23.4 Å². The molecular formula is C19H17F3N2O5. The Kier molecular flexibility index (Phi) is 5.36. The SMILES string of the molecule is COc1ccc(-c2cc(C(F)(F)F)c3nc(O[C@H](C)C(C)=O)oc3n2)cc1OC. The van der Waals surface area contributed by atoms with Crippen molar-refractivity contribution in [3.05, 3.63) is 29.8 Å². The largest absolute Gasteiger partial charge is 0.493 e. The minimum Gasteiger partial charge on any atom is -0.493 e. The van der Waals surface area contributed by atoms with Gasteiger partial charge in [0.1, 0.15) is 5.52 Å². The number of oxazole rings is 1. The van der Waals surface area contributed by atoms with E-state index in [-0.39, 0.29) is 17.2 Å². The lowest BCUT2D eigenvalue weighted by Crippen LogP contribution is -2.20. The van der Waals surface area contributed by atoms with Gasteiger partial charge in [-0.25, -0.2) is 4.98 Å². The number of hydrogen-bond donors (Lipinski definition) is 0. The fourth-order valence-electron chi connectivity index (χ4n) is 2.54. The van der Waals surface area contributed by atoms with Gasteiger partial charge in [0.25, 0.3) is 5.71 Å². The second-order valence-corrected chi connectivity index (χ2v) is 6.13. The number of methoxy groups -OCH3 is 2. The van der Waals surface area contributed by atoms with E-state index in [1.807, 2.05) is 0 Å². The number of benzene rings is 1. The molecular weight excluding hydrogens is 393 g/mol. The molecule has 10 heteroatoms. The van der Waals surface area contributed by atoms with Crippen molar-refractivity contribution in [2.24, 2.45) is 0 Å². The van der Waals surface area contributed by atoms with Crippen LogP contribution in [0.25, 0.3) is 22.5 Å². The number of ketones is 1. The smallest absolute Gasteiger partial charge is 0.418 e. The number of pyridine rings is 1. The third kappa shape index (κ3) is 4.10. The number of fused-ring (bicyclic) bond motifs is 1. The van der Waals surface area contributed by atoms with Crippen molar-refractivity contribution in [2.45, 2.75) is 26.1 Å². The molecule has 0 saturated heterocycles. The number of halogens is 3. The summed E-state index contributed by atoms with van der Waals surface area (Å²) in [7, 11) is 2.86. The molecule has 0 bridgehead atoms. The molecule has 2 heterocycles. The van der Waals surface area contributed by atoms with Crippen LogP contribution in [0.15, 0.2) is 28.7 Å². The van der Waals surface area contributed by atoms with Crippen LogP contribution in [-0.2, 0) is 11.0 Å². The first-order chi connectivity index (χ1) is 13.6. The molecule has 0 N–H and O–H groups in total. The second-order valence-electron chi connectivity index (χ2n) is 6.13. The first-order valence-corrected chi connectivity index (χ1v) is 8.42. The van der Waals surface area contributed by atoms with Crippen LogP contribution in [0.5, 0.6) is 17.6 Å². The monoisotopic (exact) mass is 410 g/mol. The van der Waals surface area contributed by atoms with Crippen molar-refractivity contribution in [1.82, 2.24) is 9.97 Å². The van der Waals surface area contributed by atoms with Crippen molar-refractivity contribution in [1.29, 1.82) is 0 Å². The molecule has 0 aliphatic rings. The summed E-state index contributed by atoms with van der Waals surface area (Å²) in [6, 6.07) is 5.46. The summed E-state index contributed by atoms with van der Waals surface area (Å²) in [5.41, 5.74) is -1.57. The maximum atomic E-state index is 13.6. The predicted octanol–water partition coefficient (Wildman–Crippen LogP) is 4.28. The van der Waals surface area contributed by atoms with Gasteiger partial charge in [-0.05, 0) is 38.1 Å². The number of ether oxygens (including phenoxy) is 3. The first kappa shape index (κ1) is 20.4. The van der Waals surface area contributed by atoms with Gasteiger partial charge in [-0.2, -0.15) is 18.2 Å². The maximum Gasteiger partial charge on any atom is 0.418 e. The van der Waals surface area contributed by atoms with Crippen LogP contribution >= 0.6 is 0 Å². The summed E-state index contributed by atoms with van der Waals surface area (Å²) in [5.74, 6) is 0.418. The van der Waals surface area contributed by atoms with Crippen LogP contribution < -0.4 is 14.2 Å². The molecule has 0 saturated carbocycles. The summed E-state index contributed by atoms with van der Waals surface area (Å²) in [4.78, 5) is 19.2. The number of Topliss-reactive ketones (excluding diaryl/α,β-unsaturated/α-hetero) is 1. The summed E-state index contributed by atoms with van der Waals surface area (Å²) in [6.45, 7) is 2.71. The fourth-order valence-corrected chi connectivity index (χ4v) is 2.54. The highest BCUT2D eigenvalue weighted by Crippen LogP contribution is 2.39. The Hall–Kier alpha value is -3.30. The number of hydrogen-bond acceptors (Lipinski definition) is 7. The van der Waals surface area contributed by atoms with E-state index in [1.165, 1.54) is 34.1 Å². The average Bonchev–Trinajstić information content (AvgIpc) is 3.07. The number of carbonyl (C=O) groups is 1. The quantitative estimate of drug-likeness (QED) is 0.600. The highest BCUT2D eigenvalue weighted by Gasteiger charge is 2.36. The lowest BCUT2D eigenvalue weighted by molar-refractivity contribution is -0.136. The van der Waals surface area contributed by atoms with Gasteiger partial charge in [-0.1, -0.05) is 0 Å². The molecule has 0 amide bonds. The highest BCUT2D eigenvalue weighted by molar-refractivity contribution is 5.81. The van der Waals surface area contributed by atoms with Gasteiger partial charge in [-0.15, -0.1) is 0 Å². The Labute approximate surface area is 163 Å². The van der Waals surface area contributed by atoms with Crippen molar-refractivity contribution in [3.63, 3.8) is 0 Å². The van der Waals surface area contributed by atoms with Gasteiger partial charge < -0.3 is 18.6 Å². The molecule has 7 nitrogen and oxygen atoms in total. The third-order valence-electron chi connectivity index (χ3n) is 4.18. The summed E-state index contributed by atoms with van der Waals surface area (Å²) < 4.78 is 61.6.